The van der Waals surface area contributed by atoms with Crippen LogP contribution in [0.5, 0.6) is 0 Å². The van der Waals surface area contributed by atoms with Gasteiger partial charge in [-0.2, -0.15) is 0 Å². The van der Waals surface area contributed by atoms with Crippen molar-refractivity contribution in [2.75, 3.05) is 0 Å². The molecule has 0 amide bonds. The molecular formula is C54H32N4S. The van der Waals surface area contributed by atoms with Crippen LogP contribution in [0.2, 0.25) is 0 Å². The fourth-order valence-electron chi connectivity index (χ4n) is 9.59. The summed E-state index contributed by atoms with van der Waals surface area (Å²) in [6.07, 6.45) is 0. The van der Waals surface area contributed by atoms with Crippen molar-refractivity contribution in [1.82, 2.24) is 19.1 Å². The normalized spacial score (nSPS) is 12.1. The van der Waals surface area contributed by atoms with Gasteiger partial charge in [-0.3, -0.25) is 0 Å². The molecule has 5 heteroatoms. The number of rotatable bonds is 4. The fraction of sp³-hybridized carbons (Fsp3) is 0. The first-order valence-electron chi connectivity index (χ1n) is 20.0. The Morgan fingerprint density at radius 1 is 0.373 bits per heavy atom. The van der Waals surface area contributed by atoms with E-state index >= 15 is 0 Å². The Morgan fingerprint density at radius 2 is 0.949 bits per heavy atom. The van der Waals surface area contributed by atoms with Gasteiger partial charge in [-0.25, -0.2) is 9.97 Å². The highest BCUT2D eigenvalue weighted by Gasteiger charge is 2.21. The maximum atomic E-state index is 5.31. The summed E-state index contributed by atoms with van der Waals surface area (Å²) < 4.78 is 7.15. The summed E-state index contributed by atoms with van der Waals surface area (Å²) in [5.41, 5.74) is 11.0. The van der Waals surface area contributed by atoms with Crippen LogP contribution < -0.4 is 0 Å². The number of thiophene rings is 1. The van der Waals surface area contributed by atoms with Crippen LogP contribution in [-0.2, 0) is 0 Å². The van der Waals surface area contributed by atoms with Crippen LogP contribution in [0.25, 0.3) is 119 Å². The topological polar surface area (TPSA) is 35.6 Å². The molecule has 0 N–H and O–H groups in total. The van der Waals surface area contributed by atoms with Crippen molar-refractivity contribution in [3.8, 4) is 34.0 Å². The molecule has 59 heavy (non-hydrogen) atoms. The van der Waals surface area contributed by atoms with Gasteiger partial charge in [0.2, 0.25) is 0 Å². The number of hydrogen-bond acceptors (Lipinski definition) is 3. The zero-order valence-electron chi connectivity index (χ0n) is 31.7. The van der Waals surface area contributed by atoms with E-state index in [4.69, 9.17) is 9.97 Å². The Hall–Kier alpha value is -7.60. The van der Waals surface area contributed by atoms with Gasteiger partial charge in [-0.05, 0) is 76.1 Å². The highest BCUT2D eigenvalue weighted by Crippen LogP contribution is 2.44. The average molecular weight is 769 g/mol. The maximum absolute atomic E-state index is 5.31. The van der Waals surface area contributed by atoms with Gasteiger partial charge in [-0.15, -0.1) is 11.3 Å². The molecule has 0 saturated carbocycles. The second-order valence-electron chi connectivity index (χ2n) is 15.3. The molecular weight excluding hydrogens is 737 g/mol. The summed E-state index contributed by atoms with van der Waals surface area (Å²) in [7, 11) is 0. The minimum Gasteiger partial charge on any atom is -0.309 e. The Balaban J connectivity index is 1.06. The third-order valence-corrected chi connectivity index (χ3v) is 13.3. The third-order valence-electron chi connectivity index (χ3n) is 12.1. The monoisotopic (exact) mass is 768 g/mol. The first-order valence-corrected chi connectivity index (χ1v) is 20.8. The van der Waals surface area contributed by atoms with Gasteiger partial charge < -0.3 is 9.13 Å². The van der Waals surface area contributed by atoms with Crippen molar-refractivity contribution in [3.05, 3.63) is 194 Å². The molecule has 4 aromatic heterocycles. The largest absolute Gasteiger partial charge is 0.309 e. The Kier molecular flexibility index (Phi) is 6.85. The lowest BCUT2D eigenvalue weighted by Crippen LogP contribution is -1.97. The molecule has 0 bridgehead atoms. The van der Waals surface area contributed by atoms with Crippen LogP contribution in [0.15, 0.2) is 194 Å². The Bertz CT molecular complexity index is 3840. The molecule has 13 aromatic rings. The lowest BCUT2D eigenvalue weighted by atomic mass is 9.95. The SMILES string of the molecule is c1ccc(-c2nc(-c3cccc(-n4c5ccccc5c5c6ccc7ccc8c(c9ccccc9n8-c8ccccc8)c7c6ccc54)c3)nc3c2sc2ccccc23)cc1. The highest BCUT2D eigenvalue weighted by atomic mass is 32.1. The van der Waals surface area contributed by atoms with Gasteiger partial charge in [0.1, 0.15) is 0 Å². The molecule has 0 unspecified atom stereocenters. The summed E-state index contributed by atoms with van der Waals surface area (Å²) in [6, 6.07) is 70.0. The summed E-state index contributed by atoms with van der Waals surface area (Å²) in [4.78, 5) is 10.6. The third kappa shape index (κ3) is 4.71. The van der Waals surface area contributed by atoms with Crippen molar-refractivity contribution < 1.29 is 0 Å². The summed E-state index contributed by atoms with van der Waals surface area (Å²) in [6.45, 7) is 0. The lowest BCUT2D eigenvalue weighted by molar-refractivity contribution is 1.17. The van der Waals surface area contributed by atoms with Crippen molar-refractivity contribution in [2.24, 2.45) is 0 Å². The van der Waals surface area contributed by atoms with E-state index in [1.807, 2.05) is 0 Å². The first kappa shape index (κ1) is 32.5. The van der Waals surface area contributed by atoms with Gasteiger partial charge in [0.05, 0.1) is 38.0 Å². The molecule has 0 fully saturated rings. The predicted octanol–water partition coefficient (Wildman–Crippen LogP) is 14.7. The Morgan fingerprint density at radius 3 is 1.76 bits per heavy atom. The molecule has 0 radical (unpaired) electrons. The predicted molar refractivity (Wildman–Crippen MR) is 249 cm³/mol. The van der Waals surface area contributed by atoms with Crippen LogP contribution in [0.4, 0.5) is 0 Å². The van der Waals surface area contributed by atoms with Gasteiger partial charge in [0.25, 0.3) is 0 Å². The van der Waals surface area contributed by atoms with Crippen LogP contribution in [0, 0.1) is 0 Å². The van der Waals surface area contributed by atoms with Crippen LogP contribution >= 0.6 is 11.3 Å². The molecule has 0 spiro atoms. The smallest absolute Gasteiger partial charge is 0.160 e. The van der Waals surface area contributed by atoms with Crippen molar-refractivity contribution in [3.63, 3.8) is 0 Å². The van der Waals surface area contributed by atoms with E-state index in [1.54, 1.807) is 11.3 Å². The summed E-state index contributed by atoms with van der Waals surface area (Å²) >= 11 is 1.76. The number of nitrogens with zero attached hydrogens (tertiary/aromatic N) is 4. The average Bonchev–Trinajstić information content (AvgIpc) is 3.97. The summed E-state index contributed by atoms with van der Waals surface area (Å²) in [5, 5.41) is 11.2. The van der Waals surface area contributed by atoms with Crippen molar-refractivity contribution in [2.45, 2.75) is 0 Å². The van der Waals surface area contributed by atoms with Crippen LogP contribution in [-0.4, -0.2) is 19.1 Å². The van der Waals surface area contributed by atoms with Crippen LogP contribution in [0.3, 0.4) is 0 Å². The number of para-hydroxylation sites is 3. The molecule has 4 heterocycles. The van der Waals surface area contributed by atoms with Gasteiger partial charge >= 0.3 is 0 Å². The van der Waals surface area contributed by atoms with Crippen molar-refractivity contribution >= 4 is 96.8 Å². The van der Waals surface area contributed by atoms with Gasteiger partial charge in [-0.1, -0.05) is 140 Å². The number of aromatic nitrogens is 4. The zero-order valence-corrected chi connectivity index (χ0v) is 32.5. The molecule has 0 aliphatic carbocycles. The molecule has 13 rings (SSSR count). The second kappa shape index (κ2) is 12.4. The van der Waals surface area contributed by atoms with E-state index in [2.05, 4.69) is 203 Å². The maximum Gasteiger partial charge on any atom is 0.160 e. The second-order valence-corrected chi connectivity index (χ2v) is 16.4. The number of benzene rings is 9. The van der Waals surface area contributed by atoms with E-state index in [-0.39, 0.29) is 0 Å². The Labute approximate surface area is 342 Å². The van der Waals surface area contributed by atoms with Crippen molar-refractivity contribution in [1.29, 1.82) is 0 Å². The molecule has 4 nitrogen and oxygen atoms in total. The minimum absolute atomic E-state index is 0.720. The molecule has 274 valence electrons. The standard InChI is InChI=1S/C54H32N4S/c1-3-14-34(15-4-1)51-53-52(42-22-9-12-25-47(42)59-53)56-54(55-51)35-16-13-19-37(32-35)58-43-23-10-7-20-40(43)49-39-28-26-33-27-30-46-50(48(33)38(39)29-31-45(49)58)41-21-8-11-24-44(41)57(46)36-17-5-2-6-18-36/h1-32H. The summed E-state index contributed by atoms with van der Waals surface area (Å²) in [5.74, 6) is 0.720. The van der Waals surface area contributed by atoms with E-state index in [1.165, 1.54) is 64.3 Å². The van der Waals surface area contributed by atoms with E-state index in [0.717, 1.165) is 55.1 Å². The molecule has 0 saturated heterocycles. The zero-order chi connectivity index (χ0) is 38.6. The number of hydrogen-bond donors (Lipinski definition) is 0. The molecule has 0 aliphatic heterocycles. The molecule has 0 aliphatic rings. The fourth-order valence-corrected chi connectivity index (χ4v) is 10.7. The first-order chi connectivity index (χ1) is 29.3. The van der Waals surface area contributed by atoms with Crippen LogP contribution in [0.1, 0.15) is 0 Å². The molecule has 9 aromatic carbocycles. The van der Waals surface area contributed by atoms with E-state index < -0.39 is 0 Å². The van der Waals surface area contributed by atoms with Gasteiger partial charge in [0, 0.05) is 54.1 Å². The molecule has 0 atom stereocenters. The van der Waals surface area contributed by atoms with E-state index in [0.29, 0.717) is 0 Å². The van der Waals surface area contributed by atoms with E-state index in [9.17, 15) is 0 Å². The number of fused-ring (bicyclic) bond motifs is 14. The highest BCUT2D eigenvalue weighted by molar-refractivity contribution is 7.26. The minimum atomic E-state index is 0.720. The quantitative estimate of drug-likeness (QED) is 0.167. The lowest BCUT2D eigenvalue weighted by Gasteiger charge is -2.12. The van der Waals surface area contributed by atoms with Gasteiger partial charge in [0.15, 0.2) is 5.82 Å².